The number of benzene rings is 1. The summed E-state index contributed by atoms with van der Waals surface area (Å²) in [4.78, 5) is 45.0. The maximum Gasteiger partial charge on any atom is 0.247 e. The van der Waals surface area contributed by atoms with Gasteiger partial charge in [0.25, 0.3) is 0 Å². The quantitative estimate of drug-likeness (QED) is 0.466. The summed E-state index contributed by atoms with van der Waals surface area (Å²) < 4.78 is 10.5. The van der Waals surface area contributed by atoms with Gasteiger partial charge in [0.1, 0.15) is 17.6 Å². The molecule has 1 saturated carbocycles. The van der Waals surface area contributed by atoms with E-state index in [0.29, 0.717) is 17.1 Å². The van der Waals surface area contributed by atoms with E-state index in [0.717, 1.165) is 25.7 Å². The monoisotopic (exact) mass is 496 g/mol. The first-order valence-corrected chi connectivity index (χ1v) is 12.5. The van der Waals surface area contributed by atoms with Crippen molar-refractivity contribution in [1.82, 2.24) is 15.2 Å². The predicted molar refractivity (Wildman–Crippen MR) is 136 cm³/mol. The van der Waals surface area contributed by atoms with E-state index in [9.17, 15) is 14.4 Å². The van der Waals surface area contributed by atoms with Crippen molar-refractivity contribution in [2.45, 2.75) is 57.0 Å². The second-order valence-electron chi connectivity index (χ2n) is 8.86. The first-order valence-electron chi connectivity index (χ1n) is 12.5. The molecule has 1 aliphatic rings. The molecule has 2 N–H and O–H groups in total. The Labute approximate surface area is 212 Å². The molecule has 1 atom stereocenters. The summed E-state index contributed by atoms with van der Waals surface area (Å²) in [5.74, 6) is 0.235. The number of hydrogen-bond acceptors (Lipinski definition) is 6. The molecule has 0 bridgehead atoms. The molecule has 0 aliphatic heterocycles. The smallest absolute Gasteiger partial charge is 0.247 e. The van der Waals surface area contributed by atoms with Gasteiger partial charge in [0.15, 0.2) is 0 Å². The van der Waals surface area contributed by atoms with Crippen molar-refractivity contribution < 1.29 is 23.9 Å². The highest BCUT2D eigenvalue weighted by Crippen LogP contribution is 2.26. The predicted octanol–water partition coefficient (Wildman–Crippen LogP) is 3.47. The summed E-state index contributed by atoms with van der Waals surface area (Å²) in [5, 5.41) is 5.85. The lowest BCUT2D eigenvalue weighted by Crippen LogP contribution is -2.48. The van der Waals surface area contributed by atoms with E-state index >= 15 is 0 Å². The number of methoxy groups -OCH3 is 2. The summed E-state index contributed by atoms with van der Waals surface area (Å²) >= 11 is 0. The molecule has 0 saturated heterocycles. The largest absolute Gasteiger partial charge is 0.497 e. The first-order chi connectivity index (χ1) is 17.5. The van der Waals surface area contributed by atoms with Crippen molar-refractivity contribution in [2.24, 2.45) is 0 Å². The van der Waals surface area contributed by atoms with E-state index in [4.69, 9.17) is 9.47 Å². The molecule has 0 radical (unpaired) electrons. The number of ether oxygens (including phenoxy) is 2. The van der Waals surface area contributed by atoms with Gasteiger partial charge in [0.2, 0.25) is 17.7 Å². The zero-order chi connectivity index (χ0) is 25.8. The van der Waals surface area contributed by atoms with Crippen LogP contribution in [0.15, 0.2) is 48.7 Å². The third-order valence-electron chi connectivity index (χ3n) is 6.30. The summed E-state index contributed by atoms with van der Waals surface area (Å²) in [6, 6.07) is 11.6. The molecule has 2 aromatic rings. The van der Waals surface area contributed by atoms with Gasteiger partial charge in [-0.25, -0.2) is 4.98 Å². The van der Waals surface area contributed by atoms with Crippen LogP contribution in [0.2, 0.25) is 0 Å². The Bertz CT molecular complexity index is 977. The van der Waals surface area contributed by atoms with Gasteiger partial charge < -0.3 is 25.0 Å². The van der Waals surface area contributed by atoms with E-state index in [1.54, 1.807) is 62.9 Å². The molecule has 36 heavy (non-hydrogen) atoms. The Morgan fingerprint density at radius 2 is 1.78 bits per heavy atom. The number of amides is 3. The second-order valence-corrected chi connectivity index (χ2v) is 8.86. The second kappa shape index (κ2) is 14.2. The maximum absolute atomic E-state index is 13.6. The van der Waals surface area contributed by atoms with E-state index < -0.39 is 6.04 Å². The number of nitrogens with zero attached hydrogens (tertiary/aromatic N) is 2. The molecule has 0 spiro atoms. The van der Waals surface area contributed by atoms with Crippen molar-refractivity contribution in [3.8, 4) is 5.75 Å². The SMILES string of the molecule is COCCN(C(=O)CCC(=O)Nc1ccccn1)C(C(=O)NC1CCCCC1)c1ccc(OC)cc1. The molecule has 1 aromatic heterocycles. The highest BCUT2D eigenvalue weighted by molar-refractivity contribution is 5.94. The lowest BCUT2D eigenvalue weighted by Gasteiger charge is -2.33. The van der Waals surface area contributed by atoms with Gasteiger partial charge in [-0.05, 0) is 42.7 Å². The van der Waals surface area contributed by atoms with Crippen molar-refractivity contribution >= 4 is 23.5 Å². The van der Waals surface area contributed by atoms with E-state index in [1.807, 2.05) is 0 Å². The fourth-order valence-electron chi connectivity index (χ4n) is 4.38. The molecule has 9 nitrogen and oxygen atoms in total. The fraction of sp³-hybridized carbons (Fsp3) is 0.481. The van der Waals surface area contributed by atoms with Gasteiger partial charge >= 0.3 is 0 Å². The average Bonchev–Trinajstić information content (AvgIpc) is 2.91. The zero-order valence-electron chi connectivity index (χ0n) is 21.1. The zero-order valence-corrected chi connectivity index (χ0v) is 21.1. The standard InChI is InChI=1S/C27H36N4O5/c1-35-19-18-31(25(33)16-15-24(32)30-23-10-6-7-17-28-23)26(20-11-13-22(36-2)14-12-20)27(34)29-21-8-4-3-5-9-21/h6-7,10-14,17,21,26H,3-5,8-9,15-16,18-19H2,1-2H3,(H,29,34)(H,28,30,32). The van der Waals surface area contributed by atoms with Crippen LogP contribution in [-0.2, 0) is 19.1 Å². The number of nitrogens with one attached hydrogen (secondary N) is 2. The van der Waals surface area contributed by atoms with Crippen LogP contribution in [0, 0.1) is 0 Å². The molecule has 1 aliphatic carbocycles. The molecular weight excluding hydrogens is 460 g/mol. The Morgan fingerprint density at radius 1 is 1.03 bits per heavy atom. The van der Waals surface area contributed by atoms with Gasteiger partial charge in [0.05, 0.1) is 13.7 Å². The van der Waals surface area contributed by atoms with E-state index in [-0.39, 0.29) is 49.8 Å². The molecular formula is C27H36N4O5. The van der Waals surface area contributed by atoms with Gasteiger partial charge in [-0.1, -0.05) is 37.5 Å². The minimum atomic E-state index is -0.848. The summed E-state index contributed by atoms with van der Waals surface area (Å²) in [5.41, 5.74) is 0.673. The van der Waals surface area contributed by atoms with Crippen LogP contribution < -0.4 is 15.4 Å². The highest BCUT2D eigenvalue weighted by atomic mass is 16.5. The number of carbonyl (C=O) groups is 3. The lowest BCUT2D eigenvalue weighted by molar-refractivity contribution is -0.142. The summed E-state index contributed by atoms with van der Waals surface area (Å²) in [6.07, 6.45) is 6.70. The van der Waals surface area contributed by atoms with Crippen LogP contribution in [-0.4, -0.2) is 61.0 Å². The van der Waals surface area contributed by atoms with E-state index in [1.165, 1.54) is 11.3 Å². The van der Waals surface area contributed by atoms with Gasteiger partial charge in [0, 0.05) is 38.7 Å². The van der Waals surface area contributed by atoms with Crippen LogP contribution in [0.3, 0.4) is 0 Å². The number of carbonyl (C=O) groups excluding carboxylic acids is 3. The van der Waals surface area contributed by atoms with Gasteiger partial charge in [-0.2, -0.15) is 0 Å². The van der Waals surface area contributed by atoms with Crippen LogP contribution in [0.25, 0.3) is 0 Å². The highest BCUT2D eigenvalue weighted by Gasteiger charge is 2.32. The molecule has 194 valence electrons. The van der Waals surface area contributed by atoms with Crippen molar-refractivity contribution in [3.05, 3.63) is 54.2 Å². The number of hydrogen-bond donors (Lipinski definition) is 2. The van der Waals surface area contributed by atoms with Crippen molar-refractivity contribution in [3.63, 3.8) is 0 Å². The minimum absolute atomic E-state index is 0.0293. The Hall–Kier alpha value is -3.46. The average molecular weight is 497 g/mol. The Morgan fingerprint density at radius 3 is 2.42 bits per heavy atom. The summed E-state index contributed by atoms with van der Waals surface area (Å²) in [6.45, 7) is 0.473. The van der Waals surface area contributed by atoms with Crippen molar-refractivity contribution in [1.29, 1.82) is 0 Å². The van der Waals surface area contributed by atoms with E-state index in [2.05, 4.69) is 15.6 Å². The van der Waals surface area contributed by atoms with Crippen LogP contribution in [0.1, 0.15) is 56.6 Å². The van der Waals surface area contributed by atoms with Crippen LogP contribution >= 0.6 is 0 Å². The molecule has 9 heteroatoms. The summed E-state index contributed by atoms with van der Waals surface area (Å²) in [7, 11) is 3.13. The van der Waals surface area contributed by atoms with Crippen molar-refractivity contribution in [2.75, 3.05) is 32.7 Å². The molecule has 1 unspecified atom stereocenters. The van der Waals surface area contributed by atoms with Crippen LogP contribution in [0.5, 0.6) is 5.75 Å². The third-order valence-corrected chi connectivity index (χ3v) is 6.30. The Kier molecular flexibility index (Phi) is 10.7. The minimum Gasteiger partial charge on any atom is -0.497 e. The van der Waals surface area contributed by atoms with Gasteiger partial charge in [-0.3, -0.25) is 14.4 Å². The topological polar surface area (TPSA) is 110 Å². The third kappa shape index (κ3) is 8.05. The number of pyridine rings is 1. The normalized spacial score (nSPS) is 14.5. The molecule has 1 fully saturated rings. The van der Waals surface area contributed by atoms with Gasteiger partial charge in [-0.15, -0.1) is 0 Å². The fourth-order valence-corrected chi connectivity index (χ4v) is 4.38. The Balaban J connectivity index is 1.77. The number of aromatic nitrogens is 1. The molecule has 3 rings (SSSR count). The number of rotatable bonds is 12. The first kappa shape index (κ1) is 27.1. The maximum atomic E-state index is 13.6. The molecule has 3 amide bonds. The van der Waals surface area contributed by atoms with Crippen LogP contribution in [0.4, 0.5) is 5.82 Å². The molecule has 1 aromatic carbocycles. The lowest BCUT2D eigenvalue weighted by atomic mass is 9.94. The molecule has 1 heterocycles. The number of anilines is 1.